The standard InChI is InChI=1S/C13H16N2O/c1-10-3-5-12(6-4-10)8-14-9-13-7-11(2)16-15-13/h3-7,14H,8-9H2,1-2H3. The van der Waals surface area contributed by atoms with Gasteiger partial charge in [0.05, 0.1) is 5.69 Å². The molecular formula is C13H16N2O. The molecule has 1 aromatic heterocycles. The summed E-state index contributed by atoms with van der Waals surface area (Å²) in [6, 6.07) is 10.5. The number of nitrogens with one attached hydrogen (secondary N) is 1. The van der Waals surface area contributed by atoms with E-state index < -0.39 is 0 Å². The van der Waals surface area contributed by atoms with Gasteiger partial charge in [-0.25, -0.2) is 0 Å². The Hall–Kier alpha value is -1.61. The summed E-state index contributed by atoms with van der Waals surface area (Å²) in [4.78, 5) is 0. The first-order valence-electron chi connectivity index (χ1n) is 5.42. The van der Waals surface area contributed by atoms with Crippen LogP contribution in [0.4, 0.5) is 0 Å². The fourth-order valence-corrected chi connectivity index (χ4v) is 1.54. The largest absolute Gasteiger partial charge is 0.361 e. The second-order valence-corrected chi connectivity index (χ2v) is 4.02. The summed E-state index contributed by atoms with van der Waals surface area (Å²) < 4.78 is 4.99. The van der Waals surface area contributed by atoms with Crippen LogP contribution in [0.3, 0.4) is 0 Å². The molecule has 0 aliphatic heterocycles. The van der Waals surface area contributed by atoms with Crippen molar-refractivity contribution in [3.63, 3.8) is 0 Å². The second kappa shape index (κ2) is 4.94. The molecule has 0 saturated heterocycles. The fraction of sp³-hybridized carbons (Fsp3) is 0.308. The number of hydrogen-bond acceptors (Lipinski definition) is 3. The molecule has 1 heterocycles. The van der Waals surface area contributed by atoms with E-state index in [-0.39, 0.29) is 0 Å². The molecule has 0 amide bonds. The molecule has 0 unspecified atom stereocenters. The van der Waals surface area contributed by atoms with Crippen molar-refractivity contribution in [2.45, 2.75) is 26.9 Å². The van der Waals surface area contributed by atoms with E-state index >= 15 is 0 Å². The van der Waals surface area contributed by atoms with Crippen LogP contribution in [0, 0.1) is 13.8 Å². The lowest BCUT2D eigenvalue weighted by molar-refractivity contribution is 0.388. The van der Waals surface area contributed by atoms with E-state index in [9.17, 15) is 0 Å². The number of hydrogen-bond donors (Lipinski definition) is 1. The maximum absolute atomic E-state index is 4.99. The normalized spacial score (nSPS) is 10.6. The molecule has 0 fully saturated rings. The predicted molar refractivity (Wildman–Crippen MR) is 63.0 cm³/mol. The number of rotatable bonds is 4. The van der Waals surface area contributed by atoms with Crippen LogP contribution < -0.4 is 5.32 Å². The van der Waals surface area contributed by atoms with Crippen LogP contribution in [0.2, 0.25) is 0 Å². The molecule has 84 valence electrons. The van der Waals surface area contributed by atoms with Crippen LogP contribution in [0.15, 0.2) is 34.9 Å². The first-order valence-corrected chi connectivity index (χ1v) is 5.42. The number of aryl methyl sites for hydroxylation is 2. The van der Waals surface area contributed by atoms with Crippen molar-refractivity contribution in [1.82, 2.24) is 10.5 Å². The number of aromatic nitrogens is 1. The summed E-state index contributed by atoms with van der Waals surface area (Å²) in [5, 5.41) is 7.25. The van der Waals surface area contributed by atoms with E-state index in [1.54, 1.807) is 0 Å². The van der Waals surface area contributed by atoms with E-state index in [1.165, 1.54) is 11.1 Å². The van der Waals surface area contributed by atoms with Gasteiger partial charge in [-0.15, -0.1) is 0 Å². The lowest BCUT2D eigenvalue weighted by Crippen LogP contribution is -2.12. The summed E-state index contributed by atoms with van der Waals surface area (Å²) in [6.45, 7) is 5.59. The van der Waals surface area contributed by atoms with Gasteiger partial charge in [-0.3, -0.25) is 0 Å². The lowest BCUT2D eigenvalue weighted by atomic mass is 10.1. The van der Waals surface area contributed by atoms with Crippen LogP contribution in [0.25, 0.3) is 0 Å². The van der Waals surface area contributed by atoms with E-state index in [0.29, 0.717) is 0 Å². The van der Waals surface area contributed by atoms with Crippen molar-refractivity contribution in [1.29, 1.82) is 0 Å². The van der Waals surface area contributed by atoms with E-state index in [4.69, 9.17) is 4.52 Å². The lowest BCUT2D eigenvalue weighted by Gasteiger charge is -2.02. The van der Waals surface area contributed by atoms with Gasteiger partial charge in [-0.05, 0) is 19.4 Å². The van der Waals surface area contributed by atoms with Crippen molar-refractivity contribution in [3.05, 3.63) is 52.9 Å². The third kappa shape index (κ3) is 2.94. The molecule has 1 N–H and O–H groups in total. The predicted octanol–water partition coefficient (Wildman–Crippen LogP) is 2.58. The van der Waals surface area contributed by atoms with Gasteiger partial charge in [0.15, 0.2) is 0 Å². The molecule has 3 nitrogen and oxygen atoms in total. The summed E-state index contributed by atoms with van der Waals surface area (Å²) in [6.07, 6.45) is 0. The average Bonchev–Trinajstić information content (AvgIpc) is 2.67. The smallest absolute Gasteiger partial charge is 0.133 e. The first kappa shape index (κ1) is 10.9. The van der Waals surface area contributed by atoms with Gasteiger partial charge in [0.1, 0.15) is 5.76 Å². The van der Waals surface area contributed by atoms with Gasteiger partial charge < -0.3 is 9.84 Å². The molecule has 3 heteroatoms. The third-order valence-corrected chi connectivity index (χ3v) is 2.43. The highest BCUT2D eigenvalue weighted by atomic mass is 16.5. The molecule has 0 aliphatic rings. The molecule has 0 radical (unpaired) electrons. The van der Waals surface area contributed by atoms with Crippen LogP contribution in [-0.2, 0) is 13.1 Å². The summed E-state index contributed by atoms with van der Waals surface area (Å²) in [7, 11) is 0. The van der Waals surface area contributed by atoms with Gasteiger partial charge in [0.25, 0.3) is 0 Å². The molecule has 2 aromatic rings. The minimum Gasteiger partial charge on any atom is -0.361 e. The number of nitrogens with zero attached hydrogens (tertiary/aromatic N) is 1. The fourth-order valence-electron chi connectivity index (χ4n) is 1.54. The summed E-state index contributed by atoms with van der Waals surface area (Å²) in [5.74, 6) is 0.854. The zero-order valence-corrected chi connectivity index (χ0v) is 9.66. The minimum absolute atomic E-state index is 0.741. The highest BCUT2D eigenvalue weighted by Gasteiger charge is 1.99. The summed E-state index contributed by atoms with van der Waals surface area (Å²) >= 11 is 0. The quantitative estimate of drug-likeness (QED) is 0.853. The molecule has 0 atom stereocenters. The molecule has 0 spiro atoms. The van der Waals surface area contributed by atoms with Gasteiger partial charge in [0.2, 0.25) is 0 Å². The molecule has 0 bridgehead atoms. The Labute approximate surface area is 95.5 Å². The first-order chi connectivity index (χ1) is 7.74. The van der Waals surface area contributed by atoms with Gasteiger partial charge >= 0.3 is 0 Å². The van der Waals surface area contributed by atoms with Crippen molar-refractivity contribution in [2.24, 2.45) is 0 Å². The van der Waals surface area contributed by atoms with Gasteiger partial charge in [-0.2, -0.15) is 0 Å². The topological polar surface area (TPSA) is 38.1 Å². The van der Waals surface area contributed by atoms with E-state index in [2.05, 4.69) is 41.7 Å². The van der Waals surface area contributed by atoms with Gasteiger partial charge in [0, 0.05) is 19.2 Å². The van der Waals surface area contributed by atoms with E-state index in [0.717, 1.165) is 24.5 Å². The maximum Gasteiger partial charge on any atom is 0.133 e. The van der Waals surface area contributed by atoms with E-state index in [1.807, 2.05) is 13.0 Å². The Morgan fingerprint density at radius 3 is 2.50 bits per heavy atom. The van der Waals surface area contributed by atoms with Crippen molar-refractivity contribution >= 4 is 0 Å². The molecule has 0 aliphatic carbocycles. The summed E-state index contributed by atoms with van der Waals surface area (Å²) in [5.41, 5.74) is 3.52. The molecular weight excluding hydrogens is 200 g/mol. The monoisotopic (exact) mass is 216 g/mol. The van der Waals surface area contributed by atoms with Crippen molar-refractivity contribution in [3.8, 4) is 0 Å². The number of benzene rings is 1. The Morgan fingerprint density at radius 2 is 1.88 bits per heavy atom. The Balaban J connectivity index is 1.82. The molecule has 2 rings (SSSR count). The highest BCUT2D eigenvalue weighted by Crippen LogP contribution is 2.04. The van der Waals surface area contributed by atoms with Crippen LogP contribution >= 0.6 is 0 Å². The molecule has 0 saturated carbocycles. The second-order valence-electron chi connectivity index (χ2n) is 4.02. The SMILES string of the molecule is Cc1ccc(CNCc2cc(C)on2)cc1. The van der Waals surface area contributed by atoms with Crippen LogP contribution in [0.1, 0.15) is 22.6 Å². The highest BCUT2D eigenvalue weighted by molar-refractivity contribution is 5.21. The maximum atomic E-state index is 4.99. The molecule has 16 heavy (non-hydrogen) atoms. The van der Waals surface area contributed by atoms with Crippen LogP contribution in [-0.4, -0.2) is 5.16 Å². The van der Waals surface area contributed by atoms with Gasteiger partial charge in [-0.1, -0.05) is 35.0 Å². The zero-order valence-electron chi connectivity index (χ0n) is 9.66. The average molecular weight is 216 g/mol. The Bertz CT molecular complexity index is 445. The minimum atomic E-state index is 0.741. The van der Waals surface area contributed by atoms with Crippen molar-refractivity contribution in [2.75, 3.05) is 0 Å². The van der Waals surface area contributed by atoms with Crippen LogP contribution in [0.5, 0.6) is 0 Å². The Kier molecular flexibility index (Phi) is 3.37. The molecule has 1 aromatic carbocycles. The third-order valence-electron chi connectivity index (χ3n) is 2.43. The van der Waals surface area contributed by atoms with Crippen molar-refractivity contribution < 1.29 is 4.52 Å². The zero-order chi connectivity index (χ0) is 11.4. The Morgan fingerprint density at radius 1 is 1.12 bits per heavy atom.